The molecule has 3 heterocycles. The van der Waals surface area contributed by atoms with E-state index in [-0.39, 0.29) is 22.8 Å². The predicted molar refractivity (Wildman–Crippen MR) is 156 cm³/mol. The first-order chi connectivity index (χ1) is 20.3. The first kappa shape index (κ1) is 28.4. The Morgan fingerprint density at radius 3 is 2.36 bits per heavy atom. The molecular formula is C29H33F2N7O3S. The van der Waals surface area contributed by atoms with E-state index in [1.54, 1.807) is 48.5 Å². The maximum absolute atomic E-state index is 14.1. The lowest BCUT2D eigenvalue weighted by molar-refractivity contribution is 0.122. The van der Waals surface area contributed by atoms with E-state index < -0.39 is 16.4 Å². The lowest BCUT2D eigenvalue weighted by Gasteiger charge is -2.31. The maximum atomic E-state index is 14.1. The highest BCUT2D eigenvalue weighted by Crippen LogP contribution is 2.30. The normalized spacial score (nSPS) is 19.9. The van der Waals surface area contributed by atoms with Gasteiger partial charge in [0.05, 0.1) is 29.1 Å². The SMILES string of the molecule is Cc1cccc(S(=O)(=O)N[C@H]2CC[C@H](Nc3nc(N4CCOCC4)cc(-n4c(C(F)F)nc5ccccc54)n3)CC2)c1. The maximum Gasteiger partial charge on any atom is 0.296 e. The van der Waals surface area contributed by atoms with Crippen LogP contribution in [0.4, 0.5) is 20.5 Å². The minimum Gasteiger partial charge on any atom is -0.378 e. The van der Waals surface area contributed by atoms with Crippen LogP contribution < -0.4 is 14.9 Å². The summed E-state index contributed by atoms with van der Waals surface area (Å²) in [7, 11) is -3.62. The summed E-state index contributed by atoms with van der Waals surface area (Å²) in [5.41, 5.74) is 1.88. The highest BCUT2D eigenvalue weighted by Gasteiger charge is 2.28. The average molecular weight is 598 g/mol. The van der Waals surface area contributed by atoms with E-state index >= 15 is 0 Å². The topological polar surface area (TPSA) is 114 Å². The van der Waals surface area contributed by atoms with Crippen molar-refractivity contribution < 1.29 is 21.9 Å². The van der Waals surface area contributed by atoms with E-state index in [9.17, 15) is 17.2 Å². The summed E-state index contributed by atoms with van der Waals surface area (Å²) in [6.45, 7) is 4.19. The summed E-state index contributed by atoms with van der Waals surface area (Å²) in [6, 6.07) is 15.4. The summed E-state index contributed by atoms with van der Waals surface area (Å²) in [5, 5.41) is 3.40. The van der Waals surface area contributed by atoms with Gasteiger partial charge in [-0.2, -0.15) is 9.97 Å². The summed E-state index contributed by atoms with van der Waals surface area (Å²) in [6.07, 6.45) is -0.134. The van der Waals surface area contributed by atoms with Crippen LogP contribution in [0, 0.1) is 6.92 Å². The van der Waals surface area contributed by atoms with Crippen LogP contribution in [0.5, 0.6) is 0 Å². The molecule has 1 saturated heterocycles. The predicted octanol–water partition coefficient (Wildman–Crippen LogP) is 4.60. The molecule has 0 radical (unpaired) electrons. The van der Waals surface area contributed by atoms with E-state index in [2.05, 4.69) is 24.9 Å². The quantitative estimate of drug-likeness (QED) is 0.303. The molecule has 222 valence electrons. The van der Waals surface area contributed by atoms with Gasteiger partial charge in [-0.1, -0.05) is 24.3 Å². The molecule has 0 atom stereocenters. The Hall–Kier alpha value is -3.68. The second-order valence-corrected chi connectivity index (χ2v) is 12.4. The molecule has 10 nitrogen and oxygen atoms in total. The van der Waals surface area contributed by atoms with Gasteiger partial charge in [-0.05, 0) is 62.4 Å². The molecule has 4 aromatic rings. The summed E-state index contributed by atoms with van der Waals surface area (Å²) < 4.78 is 63.9. The van der Waals surface area contributed by atoms with Crippen LogP contribution in [0.25, 0.3) is 16.9 Å². The Kier molecular flexibility index (Phi) is 8.06. The van der Waals surface area contributed by atoms with E-state index in [0.29, 0.717) is 80.6 Å². The largest absolute Gasteiger partial charge is 0.378 e. The lowest BCUT2D eigenvalue weighted by Crippen LogP contribution is -2.40. The number of nitrogens with zero attached hydrogens (tertiary/aromatic N) is 5. The Labute approximate surface area is 243 Å². The molecular weight excluding hydrogens is 564 g/mol. The van der Waals surface area contributed by atoms with Gasteiger partial charge < -0.3 is 15.0 Å². The van der Waals surface area contributed by atoms with E-state index in [0.717, 1.165) is 5.56 Å². The molecule has 0 bridgehead atoms. The molecule has 6 rings (SSSR count). The number of sulfonamides is 1. The summed E-state index contributed by atoms with van der Waals surface area (Å²) >= 11 is 0. The molecule has 2 fully saturated rings. The van der Waals surface area contributed by atoms with Gasteiger partial charge in [0.2, 0.25) is 16.0 Å². The molecule has 42 heavy (non-hydrogen) atoms. The van der Waals surface area contributed by atoms with Gasteiger partial charge in [0.15, 0.2) is 5.82 Å². The molecule has 2 aliphatic rings. The van der Waals surface area contributed by atoms with Crippen molar-refractivity contribution in [2.75, 3.05) is 36.5 Å². The molecule has 2 aromatic heterocycles. The van der Waals surface area contributed by atoms with Gasteiger partial charge in [-0.3, -0.25) is 4.57 Å². The molecule has 2 N–H and O–H groups in total. The zero-order valence-corrected chi connectivity index (χ0v) is 24.0. The Bertz CT molecular complexity index is 1670. The third-order valence-corrected chi connectivity index (χ3v) is 9.25. The fourth-order valence-corrected chi connectivity index (χ4v) is 7.00. The van der Waals surface area contributed by atoms with Crippen molar-refractivity contribution in [3.05, 3.63) is 66.0 Å². The van der Waals surface area contributed by atoms with E-state index in [4.69, 9.17) is 9.72 Å². The third-order valence-electron chi connectivity index (χ3n) is 7.73. The number of fused-ring (bicyclic) bond motifs is 1. The van der Waals surface area contributed by atoms with E-state index in [1.165, 1.54) is 4.57 Å². The van der Waals surface area contributed by atoms with Crippen LogP contribution in [0.3, 0.4) is 0 Å². The van der Waals surface area contributed by atoms with Gasteiger partial charge in [-0.15, -0.1) is 0 Å². The smallest absolute Gasteiger partial charge is 0.296 e. The zero-order chi connectivity index (χ0) is 29.3. The second-order valence-electron chi connectivity index (χ2n) is 10.7. The highest BCUT2D eigenvalue weighted by molar-refractivity contribution is 7.89. The lowest BCUT2D eigenvalue weighted by atomic mass is 9.92. The standard InChI is InChI=1S/C29H33F2N7O3S/c1-19-5-4-6-22(17-19)42(39,40)36-21-11-9-20(10-12-21)32-29-34-25(37-13-15-41-16-14-37)18-26(35-29)38-24-8-3-2-7-23(24)33-28(38)27(30)31/h2-8,17-18,20-21,27,36H,9-16H2,1H3,(H,32,34,35)/t20-,21-. The molecule has 13 heteroatoms. The van der Waals surface area contributed by atoms with Gasteiger partial charge in [-0.25, -0.2) is 26.9 Å². The Balaban J connectivity index is 1.24. The number of aryl methyl sites for hydroxylation is 1. The summed E-state index contributed by atoms with van der Waals surface area (Å²) in [5.74, 6) is 0.868. The minimum atomic E-state index is -3.62. The van der Waals surface area contributed by atoms with Crippen molar-refractivity contribution in [2.24, 2.45) is 0 Å². The number of alkyl halides is 2. The molecule has 0 unspecified atom stereocenters. The number of para-hydroxylation sites is 2. The Morgan fingerprint density at radius 1 is 0.905 bits per heavy atom. The number of nitrogens with one attached hydrogen (secondary N) is 2. The van der Waals surface area contributed by atoms with Crippen LogP contribution in [0.1, 0.15) is 43.5 Å². The van der Waals surface area contributed by atoms with Crippen LogP contribution in [-0.2, 0) is 14.8 Å². The van der Waals surface area contributed by atoms with Crippen molar-refractivity contribution in [2.45, 2.75) is 56.0 Å². The average Bonchev–Trinajstić information content (AvgIpc) is 3.39. The van der Waals surface area contributed by atoms with Gasteiger partial charge in [0.25, 0.3) is 6.43 Å². The van der Waals surface area contributed by atoms with Crippen LogP contribution >= 0.6 is 0 Å². The summed E-state index contributed by atoms with van der Waals surface area (Å²) in [4.78, 5) is 15.9. The second kappa shape index (κ2) is 11.9. The highest BCUT2D eigenvalue weighted by atomic mass is 32.2. The fourth-order valence-electron chi connectivity index (χ4n) is 5.60. The van der Waals surface area contributed by atoms with Crippen molar-refractivity contribution in [3.8, 4) is 5.82 Å². The molecule has 1 saturated carbocycles. The fraction of sp³-hybridized carbons (Fsp3) is 0.414. The van der Waals surface area contributed by atoms with Crippen LogP contribution in [0.2, 0.25) is 0 Å². The van der Waals surface area contributed by atoms with Gasteiger partial charge in [0.1, 0.15) is 11.6 Å². The molecule has 1 aliphatic heterocycles. The number of imidazole rings is 1. The van der Waals surface area contributed by atoms with Gasteiger partial charge >= 0.3 is 0 Å². The van der Waals surface area contributed by atoms with Crippen molar-refractivity contribution in [1.29, 1.82) is 0 Å². The molecule has 1 aliphatic carbocycles. The number of hydrogen-bond donors (Lipinski definition) is 2. The first-order valence-electron chi connectivity index (χ1n) is 14.1. The molecule has 0 amide bonds. The number of aromatic nitrogens is 4. The molecule has 0 spiro atoms. The van der Waals surface area contributed by atoms with E-state index in [1.807, 2.05) is 13.0 Å². The Morgan fingerprint density at radius 2 is 1.62 bits per heavy atom. The van der Waals surface area contributed by atoms with Crippen LogP contribution in [-0.4, -0.2) is 66.3 Å². The van der Waals surface area contributed by atoms with Gasteiger partial charge in [0, 0.05) is 31.2 Å². The van der Waals surface area contributed by atoms with Crippen molar-refractivity contribution in [1.82, 2.24) is 24.2 Å². The number of anilines is 2. The number of hydrogen-bond acceptors (Lipinski definition) is 8. The number of ether oxygens (including phenoxy) is 1. The molecule has 2 aromatic carbocycles. The van der Waals surface area contributed by atoms with Crippen molar-refractivity contribution in [3.63, 3.8) is 0 Å². The number of rotatable bonds is 8. The zero-order valence-electron chi connectivity index (χ0n) is 23.2. The third kappa shape index (κ3) is 6.08. The monoisotopic (exact) mass is 597 g/mol. The minimum absolute atomic E-state index is 0.00777. The van der Waals surface area contributed by atoms with Crippen LogP contribution in [0.15, 0.2) is 59.5 Å². The number of halogens is 2. The van der Waals surface area contributed by atoms with Crippen molar-refractivity contribution >= 4 is 32.8 Å². The number of morpholine rings is 1. The number of benzene rings is 2. The first-order valence-corrected chi connectivity index (χ1v) is 15.6.